The molecule has 1 unspecified atom stereocenters. The second-order valence-electron chi connectivity index (χ2n) is 8.21. The van der Waals surface area contributed by atoms with Gasteiger partial charge in [0.2, 0.25) is 0 Å². The van der Waals surface area contributed by atoms with Crippen molar-refractivity contribution >= 4 is 38.2 Å². The lowest BCUT2D eigenvalue weighted by Crippen LogP contribution is -2.21. The Labute approximate surface area is 222 Å². The standard InChI is InChI=1S/C25H25N3O8S2/c1-15-12-26-21(16(2)24(15)35-4)14-37(31)25-27-20-10-7-18(34-3)11-22(20)28(25)38(32,33)19-8-5-17(6-9-19)36-13-23(29)30/h5-12H,13-14H2,1-4H3,(H,29,30). The van der Waals surface area contributed by atoms with Crippen molar-refractivity contribution in [3.63, 3.8) is 0 Å². The molecular weight excluding hydrogens is 534 g/mol. The minimum atomic E-state index is -4.30. The Balaban J connectivity index is 1.81. The molecule has 13 heteroatoms. The summed E-state index contributed by atoms with van der Waals surface area (Å²) in [5.74, 6) is -0.0707. The second-order valence-corrected chi connectivity index (χ2v) is 11.3. The van der Waals surface area contributed by atoms with E-state index in [1.165, 1.54) is 44.6 Å². The number of benzene rings is 2. The smallest absolute Gasteiger partial charge is 0.341 e. The molecule has 0 amide bonds. The minimum absolute atomic E-state index is 0.0968. The lowest BCUT2D eigenvalue weighted by molar-refractivity contribution is -0.139. The molecule has 0 fully saturated rings. The number of hydrogen-bond donors (Lipinski definition) is 1. The quantitative estimate of drug-likeness (QED) is 0.287. The van der Waals surface area contributed by atoms with E-state index in [-0.39, 0.29) is 27.1 Å². The number of ether oxygens (including phenoxy) is 3. The maximum atomic E-state index is 13.9. The van der Waals surface area contributed by atoms with Crippen LogP contribution in [0.2, 0.25) is 0 Å². The molecule has 2 heterocycles. The molecular formula is C25H25N3O8S2. The van der Waals surface area contributed by atoms with Crippen LogP contribution < -0.4 is 14.2 Å². The summed E-state index contributed by atoms with van der Waals surface area (Å²) < 4.78 is 58.1. The molecule has 0 bridgehead atoms. The van der Waals surface area contributed by atoms with Crippen molar-refractivity contribution in [2.75, 3.05) is 20.8 Å². The third-order valence-corrected chi connectivity index (χ3v) is 8.79. The molecule has 0 aliphatic rings. The Morgan fingerprint density at radius 3 is 2.39 bits per heavy atom. The Morgan fingerprint density at radius 2 is 1.76 bits per heavy atom. The van der Waals surface area contributed by atoms with Gasteiger partial charge in [0.25, 0.3) is 10.0 Å². The predicted octanol–water partition coefficient (Wildman–Crippen LogP) is 3.07. The Morgan fingerprint density at radius 1 is 1.08 bits per heavy atom. The summed E-state index contributed by atoms with van der Waals surface area (Å²) in [6.07, 6.45) is 1.61. The van der Waals surface area contributed by atoms with E-state index in [2.05, 4.69) is 9.97 Å². The number of nitrogens with zero attached hydrogens (tertiary/aromatic N) is 3. The molecule has 4 rings (SSSR count). The third-order valence-electron chi connectivity index (χ3n) is 5.74. The van der Waals surface area contributed by atoms with Crippen LogP contribution in [0.3, 0.4) is 0 Å². The van der Waals surface area contributed by atoms with Gasteiger partial charge in [-0.2, -0.15) is 8.96 Å². The SMILES string of the molecule is COc1ccc2nc([S+]([O-])Cc3ncc(C)c(OC)c3C)n(S(=O)(=O)c3ccc(OCC(=O)O)cc3)c2c1. The van der Waals surface area contributed by atoms with E-state index in [4.69, 9.17) is 19.3 Å². The summed E-state index contributed by atoms with van der Waals surface area (Å²) in [4.78, 5) is 19.4. The zero-order valence-corrected chi connectivity index (χ0v) is 22.6. The number of fused-ring (bicyclic) bond motifs is 1. The average molecular weight is 560 g/mol. The Kier molecular flexibility index (Phi) is 7.81. The fraction of sp³-hybridized carbons (Fsp3) is 0.240. The second kappa shape index (κ2) is 10.9. The number of carboxylic acid groups (broad SMARTS) is 1. The highest BCUT2D eigenvalue weighted by atomic mass is 32.2. The molecule has 1 N–H and O–H groups in total. The molecule has 200 valence electrons. The van der Waals surface area contributed by atoms with Gasteiger partial charge in [0, 0.05) is 34.6 Å². The van der Waals surface area contributed by atoms with Gasteiger partial charge in [0.15, 0.2) is 12.4 Å². The van der Waals surface area contributed by atoms with E-state index < -0.39 is 33.8 Å². The fourth-order valence-corrected chi connectivity index (χ4v) is 6.92. The first-order valence-electron chi connectivity index (χ1n) is 11.2. The lowest BCUT2D eigenvalue weighted by Gasteiger charge is -2.15. The van der Waals surface area contributed by atoms with Gasteiger partial charge < -0.3 is 23.9 Å². The van der Waals surface area contributed by atoms with E-state index in [1.54, 1.807) is 25.3 Å². The maximum absolute atomic E-state index is 13.9. The number of rotatable bonds is 10. The van der Waals surface area contributed by atoms with Crippen LogP contribution in [0.4, 0.5) is 0 Å². The number of carbonyl (C=O) groups is 1. The van der Waals surface area contributed by atoms with Crippen molar-refractivity contribution in [3.05, 3.63) is 65.5 Å². The molecule has 4 aromatic rings. The number of carboxylic acids is 1. The van der Waals surface area contributed by atoms with Crippen LogP contribution in [0, 0.1) is 13.8 Å². The normalized spacial score (nSPS) is 12.3. The van der Waals surface area contributed by atoms with Crippen LogP contribution >= 0.6 is 0 Å². The highest BCUT2D eigenvalue weighted by molar-refractivity contribution is 7.93. The van der Waals surface area contributed by atoms with Crippen LogP contribution in [0.15, 0.2) is 58.7 Å². The molecule has 0 aliphatic heterocycles. The predicted molar refractivity (Wildman–Crippen MR) is 139 cm³/mol. The number of hydrogen-bond acceptors (Lipinski definition) is 9. The van der Waals surface area contributed by atoms with Gasteiger partial charge in [-0.1, -0.05) is 0 Å². The first-order valence-corrected chi connectivity index (χ1v) is 14.0. The number of aryl methyl sites for hydroxylation is 1. The van der Waals surface area contributed by atoms with Gasteiger partial charge in [0.1, 0.15) is 17.2 Å². The molecule has 38 heavy (non-hydrogen) atoms. The Hall–Kier alpha value is -3.81. The van der Waals surface area contributed by atoms with Crippen LogP contribution in [0.5, 0.6) is 17.2 Å². The zero-order valence-electron chi connectivity index (χ0n) is 21.0. The number of aromatic nitrogens is 3. The van der Waals surface area contributed by atoms with Gasteiger partial charge in [-0.3, -0.25) is 4.98 Å². The summed E-state index contributed by atoms with van der Waals surface area (Å²) in [7, 11) is -1.32. The van der Waals surface area contributed by atoms with E-state index in [0.29, 0.717) is 28.3 Å². The highest BCUT2D eigenvalue weighted by Crippen LogP contribution is 2.32. The fourth-order valence-electron chi connectivity index (χ4n) is 3.88. The van der Waals surface area contributed by atoms with Crippen molar-refractivity contribution in [3.8, 4) is 17.2 Å². The van der Waals surface area contributed by atoms with E-state index in [1.807, 2.05) is 6.92 Å². The Bertz CT molecular complexity index is 1600. The van der Waals surface area contributed by atoms with Gasteiger partial charge in [0.05, 0.1) is 35.8 Å². The summed E-state index contributed by atoms with van der Waals surface area (Å²) in [6, 6.07) is 9.97. The van der Waals surface area contributed by atoms with Crippen molar-refractivity contribution < 1.29 is 37.1 Å². The molecule has 0 saturated heterocycles. The maximum Gasteiger partial charge on any atom is 0.341 e. The van der Waals surface area contributed by atoms with Crippen LogP contribution in [-0.2, 0) is 31.7 Å². The van der Waals surface area contributed by atoms with Crippen LogP contribution in [-0.4, -0.2) is 58.8 Å². The first kappa shape index (κ1) is 27.2. The average Bonchev–Trinajstić information content (AvgIpc) is 3.29. The zero-order chi connectivity index (χ0) is 27.6. The van der Waals surface area contributed by atoms with Gasteiger partial charge >= 0.3 is 11.1 Å². The molecule has 0 radical (unpaired) electrons. The minimum Gasteiger partial charge on any atom is -0.609 e. The van der Waals surface area contributed by atoms with Crippen LogP contribution in [0.1, 0.15) is 16.8 Å². The lowest BCUT2D eigenvalue weighted by atomic mass is 10.1. The molecule has 2 aromatic carbocycles. The molecule has 0 aliphatic carbocycles. The van der Waals surface area contributed by atoms with Crippen molar-refractivity contribution in [2.45, 2.75) is 29.7 Å². The van der Waals surface area contributed by atoms with Crippen LogP contribution in [0.25, 0.3) is 11.0 Å². The van der Waals surface area contributed by atoms with Gasteiger partial charge in [-0.15, -0.1) is 0 Å². The number of imidazole rings is 1. The summed E-state index contributed by atoms with van der Waals surface area (Å²) in [5.41, 5.74) is 2.50. The number of aliphatic carboxylic acids is 1. The third kappa shape index (κ3) is 5.26. The molecule has 0 saturated carbocycles. The van der Waals surface area contributed by atoms with E-state index in [0.717, 1.165) is 9.54 Å². The summed E-state index contributed by atoms with van der Waals surface area (Å²) in [5, 5.41) is 8.61. The topological polar surface area (TPSA) is 153 Å². The summed E-state index contributed by atoms with van der Waals surface area (Å²) >= 11 is -1.92. The number of pyridine rings is 1. The molecule has 2 aromatic heterocycles. The van der Waals surface area contributed by atoms with Gasteiger partial charge in [-0.25, -0.2) is 13.2 Å². The van der Waals surface area contributed by atoms with E-state index in [9.17, 15) is 17.8 Å². The van der Waals surface area contributed by atoms with E-state index >= 15 is 0 Å². The molecule has 1 atom stereocenters. The number of methoxy groups -OCH3 is 2. The monoisotopic (exact) mass is 559 g/mol. The molecule has 11 nitrogen and oxygen atoms in total. The van der Waals surface area contributed by atoms with Crippen molar-refractivity contribution in [1.29, 1.82) is 0 Å². The largest absolute Gasteiger partial charge is 0.609 e. The van der Waals surface area contributed by atoms with Gasteiger partial charge in [-0.05, 0) is 50.2 Å². The summed E-state index contributed by atoms with van der Waals surface area (Å²) in [6.45, 7) is 3.07. The highest BCUT2D eigenvalue weighted by Gasteiger charge is 2.32. The van der Waals surface area contributed by atoms with Crippen molar-refractivity contribution in [2.24, 2.45) is 0 Å². The van der Waals surface area contributed by atoms with Crippen molar-refractivity contribution in [1.82, 2.24) is 13.9 Å². The first-order chi connectivity index (χ1) is 18.1. The molecule has 0 spiro atoms.